The molecule has 0 atom stereocenters. The number of aromatic nitrogens is 3. The lowest BCUT2D eigenvalue weighted by Crippen LogP contribution is -2.24. The van der Waals surface area contributed by atoms with Crippen molar-refractivity contribution in [2.45, 2.75) is 13.0 Å². The van der Waals surface area contributed by atoms with Gasteiger partial charge in [-0.1, -0.05) is 24.3 Å². The first-order chi connectivity index (χ1) is 12.8. The number of benzene rings is 1. The number of nitrogens with one attached hydrogen (secondary N) is 2. The Morgan fingerprint density at radius 2 is 1.96 bits per heavy atom. The van der Waals surface area contributed by atoms with Crippen molar-refractivity contribution in [1.82, 2.24) is 20.3 Å². The molecule has 0 radical (unpaired) electrons. The van der Waals surface area contributed by atoms with Crippen LogP contribution < -0.4 is 5.32 Å². The third kappa shape index (κ3) is 3.47. The molecule has 0 aliphatic rings. The molecule has 0 aliphatic carbocycles. The number of hydrogen-bond donors (Lipinski definition) is 2. The summed E-state index contributed by atoms with van der Waals surface area (Å²) in [6.45, 7) is 0.460. The van der Waals surface area contributed by atoms with Crippen LogP contribution >= 0.6 is 0 Å². The monoisotopic (exact) mass is 342 g/mol. The van der Waals surface area contributed by atoms with Crippen LogP contribution in [0.25, 0.3) is 22.2 Å². The van der Waals surface area contributed by atoms with Gasteiger partial charge in [-0.2, -0.15) is 0 Å². The van der Waals surface area contributed by atoms with E-state index in [1.54, 1.807) is 18.6 Å². The Morgan fingerprint density at radius 3 is 2.77 bits per heavy atom. The lowest BCUT2D eigenvalue weighted by Gasteiger charge is -2.06. The van der Waals surface area contributed by atoms with Gasteiger partial charge in [-0.15, -0.1) is 0 Å². The van der Waals surface area contributed by atoms with Gasteiger partial charge in [0.25, 0.3) is 0 Å². The van der Waals surface area contributed by atoms with Crippen LogP contribution in [0.4, 0.5) is 0 Å². The van der Waals surface area contributed by atoms with E-state index >= 15 is 0 Å². The Hall–Kier alpha value is -3.47. The first-order valence-corrected chi connectivity index (χ1v) is 8.46. The molecule has 0 bridgehead atoms. The second-order valence-electron chi connectivity index (χ2n) is 6.11. The molecule has 26 heavy (non-hydrogen) atoms. The number of carbonyl (C=O) groups excluding carboxylic acids is 1. The normalized spacial score (nSPS) is 10.8. The van der Waals surface area contributed by atoms with Crippen LogP contribution in [0, 0.1) is 0 Å². The molecule has 0 aliphatic heterocycles. The number of hydrogen-bond acceptors (Lipinski definition) is 3. The van der Waals surface area contributed by atoms with Gasteiger partial charge in [0, 0.05) is 47.8 Å². The van der Waals surface area contributed by atoms with Crippen molar-refractivity contribution in [3.63, 3.8) is 0 Å². The fourth-order valence-electron chi connectivity index (χ4n) is 2.93. The molecule has 2 N–H and O–H groups in total. The molecular weight excluding hydrogens is 324 g/mol. The SMILES string of the molecule is O=C(Cc1c[nH]c2ccccc12)NCc1ccc(-c2cccnc2)nc1. The lowest BCUT2D eigenvalue weighted by atomic mass is 10.1. The summed E-state index contributed by atoms with van der Waals surface area (Å²) in [7, 11) is 0. The molecule has 5 nitrogen and oxygen atoms in total. The summed E-state index contributed by atoms with van der Waals surface area (Å²) in [6.07, 6.45) is 7.56. The molecule has 128 valence electrons. The number of pyridine rings is 2. The molecule has 0 fully saturated rings. The summed E-state index contributed by atoms with van der Waals surface area (Å²) >= 11 is 0. The topological polar surface area (TPSA) is 70.7 Å². The number of carbonyl (C=O) groups is 1. The molecule has 0 saturated carbocycles. The molecule has 3 aromatic heterocycles. The van der Waals surface area contributed by atoms with E-state index in [0.29, 0.717) is 13.0 Å². The minimum Gasteiger partial charge on any atom is -0.361 e. The maximum absolute atomic E-state index is 12.3. The number of rotatable bonds is 5. The first-order valence-electron chi connectivity index (χ1n) is 8.46. The molecule has 0 unspecified atom stereocenters. The van der Waals surface area contributed by atoms with E-state index in [2.05, 4.69) is 20.3 Å². The Morgan fingerprint density at radius 1 is 1.04 bits per heavy atom. The van der Waals surface area contributed by atoms with Crippen LogP contribution in [0.5, 0.6) is 0 Å². The maximum atomic E-state index is 12.3. The molecule has 3 heterocycles. The minimum atomic E-state index is -0.00825. The predicted molar refractivity (Wildman–Crippen MR) is 101 cm³/mol. The largest absolute Gasteiger partial charge is 0.361 e. The third-order valence-electron chi connectivity index (χ3n) is 4.30. The highest BCUT2D eigenvalue weighted by atomic mass is 16.1. The van der Waals surface area contributed by atoms with Crippen LogP contribution in [0.3, 0.4) is 0 Å². The summed E-state index contributed by atoms with van der Waals surface area (Å²) < 4.78 is 0. The van der Waals surface area contributed by atoms with E-state index < -0.39 is 0 Å². The van der Waals surface area contributed by atoms with Crippen LogP contribution in [-0.4, -0.2) is 20.9 Å². The molecule has 4 aromatic rings. The zero-order chi connectivity index (χ0) is 17.8. The van der Waals surface area contributed by atoms with E-state index in [0.717, 1.165) is 33.3 Å². The quantitative estimate of drug-likeness (QED) is 0.583. The number of amides is 1. The van der Waals surface area contributed by atoms with Crippen molar-refractivity contribution >= 4 is 16.8 Å². The Kier molecular flexibility index (Phi) is 4.43. The number of H-pyrrole nitrogens is 1. The first kappa shape index (κ1) is 16.0. The molecule has 4 rings (SSSR count). The Balaban J connectivity index is 1.37. The lowest BCUT2D eigenvalue weighted by molar-refractivity contribution is -0.120. The molecule has 0 saturated heterocycles. The zero-order valence-electron chi connectivity index (χ0n) is 14.1. The number of aromatic amines is 1. The van der Waals surface area contributed by atoms with Gasteiger partial charge < -0.3 is 10.3 Å². The maximum Gasteiger partial charge on any atom is 0.224 e. The van der Waals surface area contributed by atoms with E-state index in [4.69, 9.17) is 0 Å². The van der Waals surface area contributed by atoms with Crippen LogP contribution in [0.1, 0.15) is 11.1 Å². The standard InChI is InChI=1S/C21H18N4O/c26-21(10-17-14-24-20-6-2-1-5-18(17)20)25-12-15-7-8-19(23-11-15)16-4-3-9-22-13-16/h1-9,11,13-14,24H,10,12H2,(H,25,26). The molecule has 0 spiro atoms. The fourth-order valence-corrected chi connectivity index (χ4v) is 2.93. The van der Waals surface area contributed by atoms with Gasteiger partial charge >= 0.3 is 0 Å². The predicted octanol–water partition coefficient (Wildman–Crippen LogP) is 3.48. The van der Waals surface area contributed by atoms with Gasteiger partial charge in [-0.25, -0.2) is 0 Å². The van der Waals surface area contributed by atoms with Crippen molar-refractivity contribution in [3.05, 3.63) is 84.4 Å². The van der Waals surface area contributed by atoms with E-state index in [1.807, 2.05) is 54.7 Å². The highest BCUT2D eigenvalue weighted by Crippen LogP contribution is 2.18. The van der Waals surface area contributed by atoms with E-state index in [-0.39, 0.29) is 5.91 Å². The minimum absolute atomic E-state index is 0.00825. The average molecular weight is 342 g/mol. The van der Waals surface area contributed by atoms with Crippen molar-refractivity contribution in [3.8, 4) is 11.3 Å². The van der Waals surface area contributed by atoms with Crippen molar-refractivity contribution < 1.29 is 4.79 Å². The van der Waals surface area contributed by atoms with Gasteiger partial charge in [-0.05, 0) is 35.4 Å². The number of nitrogens with zero attached hydrogens (tertiary/aromatic N) is 2. The second-order valence-corrected chi connectivity index (χ2v) is 6.11. The smallest absolute Gasteiger partial charge is 0.224 e. The molecule has 5 heteroatoms. The summed E-state index contributed by atoms with van der Waals surface area (Å²) in [5.41, 5.74) is 4.85. The summed E-state index contributed by atoms with van der Waals surface area (Å²) in [4.78, 5) is 24.0. The highest BCUT2D eigenvalue weighted by Gasteiger charge is 2.08. The van der Waals surface area contributed by atoms with Gasteiger partial charge in [0.2, 0.25) is 5.91 Å². The van der Waals surface area contributed by atoms with Crippen molar-refractivity contribution in [1.29, 1.82) is 0 Å². The molecule has 1 amide bonds. The fraction of sp³-hybridized carbons (Fsp3) is 0.0952. The van der Waals surface area contributed by atoms with Crippen LogP contribution in [0.15, 0.2) is 73.3 Å². The summed E-state index contributed by atoms with van der Waals surface area (Å²) in [5, 5.41) is 4.04. The highest BCUT2D eigenvalue weighted by molar-refractivity contribution is 5.88. The Labute approximate surface area is 151 Å². The van der Waals surface area contributed by atoms with Gasteiger partial charge in [0.05, 0.1) is 12.1 Å². The van der Waals surface area contributed by atoms with Gasteiger partial charge in [0.15, 0.2) is 0 Å². The summed E-state index contributed by atoms with van der Waals surface area (Å²) in [5.74, 6) is -0.00825. The summed E-state index contributed by atoms with van der Waals surface area (Å²) in [6, 6.07) is 15.8. The molecule has 1 aromatic carbocycles. The number of fused-ring (bicyclic) bond motifs is 1. The van der Waals surface area contributed by atoms with Gasteiger partial charge in [0.1, 0.15) is 0 Å². The average Bonchev–Trinajstić information content (AvgIpc) is 3.10. The van der Waals surface area contributed by atoms with E-state index in [9.17, 15) is 4.79 Å². The Bertz CT molecular complexity index is 1020. The van der Waals surface area contributed by atoms with E-state index in [1.165, 1.54) is 0 Å². The third-order valence-corrected chi connectivity index (χ3v) is 4.30. The van der Waals surface area contributed by atoms with Crippen LogP contribution in [0.2, 0.25) is 0 Å². The second kappa shape index (κ2) is 7.19. The van der Waals surface area contributed by atoms with Crippen molar-refractivity contribution in [2.75, 3.05) is 0 Å². The van der Waals surface area contributed by atoms with Crippen molar-refractivity contribution in [2.24, 2.45) is 0 Å². The number of para-hydroxylation sites is 1. The molecular formula is C21H18N4O. The van der Waals surface area contributed by atoms with Gasteiger partial charge in [-0.3, -0.25) is 14.8 Å². The van der Waals surface area contributed by atoms with Crippen LogP contribution in [-0.2, 0) is 17.8 Å². The zero-order valence-corrected chi connectivity index (χ0v) is 14.1.